The molecule has 0 radical (unpaired) electrons. The van der Waals surface area contributed by atoms with E-state index in [2.05, 4.69) is 10.1 Å². The first-order valence-electron chi connectivity index (χ1n) is 4.87. The van der Waals surface area contributed by atoms with E-state index in [1.54, 1.807) is 29.2 Å². The minimum atomic E-state index is 0.100. The molecule has 0 aliphatic carbocycles. The van der Waals surface area contributed by atoms with Crippen LogP contribution in [0.1, 0.15) is 11.3 Å². The molecule has 0 saturated carbocycles. The van der Waals surface area contributed by atoms with Crippen LogP contribution in [0.5, 0.6) is 0 Å². The molecule has 0 aliphatic heterocycles. The van der Waals surface area contributed by atoms with Crippen molar-refractivity contribution >= 4 is 28.9 Å². The maximum absolute atomic E-state index is 8.66. The van der Waals surface area contributed by atoms with E-state index >= 15 is 0 Å². The fraction of sp³-hybridized carbons (Fsp3) is 0.0909. The molecule has 0 fully saturated rings. The van der Waals surface area contributed by atoms with Gasteiger partial charge in [0.1, 0.15) is 5.03 Å². The fourth-order valence-corrected chi connectivity index (χ4v) is 3.11. The summed E-state index contributed by atoms with van der Waals surface area (Å²) in [6, 6.07) is 7.62. The van der Waals surface area contributed by atoms with Gasteiger partial charge in [0, 0.05) is 11.3 Å². The highest BCUT2D eigenvalue weighted by Gasteiger charge is 2.06. The Labute approximate surface area is 107 Å². The number of hydrogen-bond acceptors (Lipinski definition) is 5. The van der Waals surface area contributed by atoms with Crippen molar-refractivity contribution in [3.05, 3.63) is 40.9 Å². The first-order valence-corrected chi connectivity index (χ1v) is 6.56. The van der Waals surface area contributed by atoms with E-state index in [-0.39, 0.29) is 5.84 Å². The van der Waals surface area contributed by atoms with Gasteiger partial charge < -0.3 is 10.9 Å². The minimum Gasteiger partial charge on any atom is -0.409 e. The van der Waals surface area contributed by atoms with Gasteiger partial charge in [0.15, 0.2) is 5.84 Å². The highest BCUT2D eigenvalue weighted by atomic mass is 32.2. The third kappa shape index (κ3) is 2.98. The van der Waals surface area contributed by atoms with Gasteiger partial charge in [-0.3, -0.25) is 0 Å². The largest absolute Gasteiger partial charge is 0.409 e. The van der Waals surface area contributed by atoms with Gasteiger partial charge >= 0.3 is 0 Å². The maximum Gasteiger partial charge on any atom is 0.170 e. The lowest BCUT2D eigenvalue weighted by Gasteiger charge is -2.04. The van der Waals surface area contributed by atoms with Crippen molar-refractivity contribution in [2.75, 3.05) is 0 Å². The molecule has 2 rings (SSSR count). The van der Waals surface area contributed by atoms with Gasteiger partial charge in [-0.05, 0) is 30.5 Å². The van der Waals surface area contributed by atoms with Crippen molar-refractivity contribution in [1.82, 2.24) is 4.98 Å². The second-order valence-corrected chi connectivity index (χ2v) is 5.62. The normalized spacial score (nSPS) is 11.7. The molecule has 17 heavy (non-hydrogen) atoms. The lowest BCUT2D eigenvalue weighted by atomic mass is 10.2. The van der Waals surface area contributed by atoms with Crippen LogP contribution in [0.4, 0.5) is 0 Å². The fourth-order valence-electron chi connectivity index (χ4n) is 1.32. The van der Waals surface area contributed by atoms with Crippen LogP contribution in [0.25, 0.3) is 0 Å². The summed E-state index contributed by atoms with van der Waals surface area (Å²) in [7, 11) is 0. The van der Waals surface area contributed by atoms with Crippen LogP contribution in [-0.2, 0) is 0 Å². The molecule has 0 amide bonds. The van der Waals surface area contributed by atoms with Gasteiger partial charge in [0.25, 0.3) is 0 Å². The van der Waals surface area contributed by atoms with E-state index in [4.69, 9.17) is 10.9 Å². The standard InChI is InChI=1S/C11H11N3OS2/c1-7-5-8(11(12)14-15)6-9(13-7)17-10-3-2-4-16-10/h2-6,15H,1H3,(H2,12,14). The molecule has 0 atom stereocenters. The number of aromatic nitrogens is 1. The van der Waals surface area contributed by atoms with Crippen LogP contribution < -0.4 is 5.73 Å². The van der Waals surface area contributed by atoms with E-state index in [1.165, 1.54) is 0 Å². The van der Waals surface area contributed by atoms with E-state index in [0.717, 1.165) is 14.9 Å². The molecule has 4 nitrogen and oxygen atoms in total. The molecule has 88 valence electrons. The lowest BCUT2D eigenvalue weighted by Crippen LogP contribution is -2.13. The van der Waals surface area contributed by atoms with Crippen molar-refractivity contribution in [1.29, 1.82) is 0 Å². The molecule has 0 saturated heterocycles. The predicted molar refractivity (Wildman–Crippen MR) is 69.9 cm³/mol. The summed E-state index contributed by atoms with van der Waals surface area (Å²) in [5.74, 6) is 0.100. The molecular weight excluding hydrogens is 254 g/mol. The smallest absolute Gasteiger partial charge is 0.170 e. The Morgan fingerprint density at radius 3 is 3.00 bits per heavy atom. The summed E-state index contributed by atoms with van der Waals surface area (Å²) < 4.78 is 1.16. The quantitative estimate of drug-likeness (QED) is 0.387. The molecule has 0 aliphatic rings. The van der Waals surface area contributed by atoms with Crippen molar-refractivity contribution in [3.63, 3.8) is 0 Å². The monoisotopic (exact) mass is 265 g/mol. The molecule has 6 heteroatoms. The maximum atomic E-state index is 8.66. The van der Waals surface area contributed by atoms with Gasteiger partial charge in [0.2, 0.25) is 0 Å². The van der Waals surface area contributed by atoms with Gasteiger partial charge in [0.05, 0.1) is 4.21 Å². The number of amidine groups is 1. The zero-order valence-corrected chi connectivity index (χ0v) is 10.8. The van der Waals surface area contributed by atoms with Crippen molar-refractivity contribution in [2.24, 2.45) is 10.9 Å². The highest BCUT2D eigenvalue weighted by Crippen LogP contribution is 2.30. The van der Waals surface area contributed by atoms with Crippen molar-refractivity contribution in [3.8, 4) is 0 Å². The number of nitrogens with zero attached hydrogens (tertiary/aromatic N) is 2. The molecule has 0 unspecified atom stereocenters. The van der Waals surface area contributed by atoms with Crippen LogP contribution in [-0.4, -0.2) is 16.0 Å². The summed E-state index contributed by atoms with van der Waals surface area (Å²) in [6.07, 6.45) is 0. The van der Waals surface area contributed by atoms with Gasteiger partial charge in [-0.25, -0.2) is 4.98 Å². The Hall–Kier alpha value is -1.53. The van der Waals surface area contributed by atoms with Crippen molar-refractivity contribution in [2.45, 2.75) is 16.2 Å². The first-order chi connectivity index (χ1) is 8.19. The Kier molecular flexibility index (Phi) is 3.65. The van der Waals surface area contributed by atoms with Crippen LogP contribution in [0.2, 0.25) is 0 Å². The Morgan fingerprint density at radius 2 is 2.35 bits per heavy atom. The molecule has 0 bridgehead atoms. The lowest BCUT2D eigenvalue weighted by molar-refractivity contribution is 0.318. The van der Waals surface area contributed by atoms with Gasteiger partial charge in [-0.2, -0.15) is 0 Å². The molecule has 2 aromatic rings. The SMILES string of the molecule is Cc1cc(/C(N)=N/O)cc(Sc2cccs2)n1. The second kappa shape index (κ2) is 5.20. The van der Waals surface area contributed by atoms with Gasteiger partial charge in [-0.1, -0.05) is 23.0 Å². The average molecular weight is 265 g/mol. The number of pyridine rings is 1. The van der Waals surface area contributed by atoms with Crippen LogP contribution >= 0.6 is 23.1 Å². The number of rotatable bonds is 3. The molecule has 3 N–H and O–H groups in total. The summed E-state index contributed by atoms with van der Waals surface area (Å²) in [4.78, 5) is 4.40. The average Bonchev–Trinajstić information content (AvgIpc) is 2.80. The topological polar surface area (TPSA) is 71.5 Å². The Balaban J connectivity index is 2.32. The zero-order chi connectivity index (χ0) is 12.3. The number of nitrogens with two attached hydrogens (primary N) is 1. The zero-order valence-electron chi connectivity index (χ0n) is 9.12. The van der Waals surface area contributed by atoms with E-state index < -0.39 is 0 Å². The van der Waals surface area contributed by atoms with Gasteiger partial charge in [-0.15, -0.1) is 11.3 Å². The second-order valence-electron chi connectivity index (χ2n) is 3.35. The van der Waals surface area contributed by atoms with Crippen LogP contribution in [0, 0.1) is 6.92 Å². The number of hydrogen-bond donors (Lipinski definition) is 2. The molecule has 0 spiro atoms. The molecular formula is C11H11N3OS2. The number of aryl methyl sites for hydroxylation is 1. The number of oxime groups is 1. The van der Waals surface area contributed by atoms with Crippen LogP contribution in [0.3, 0.4) is 0 Å². The summed E-state index contributed by atoms with van der Waals surface area (Å²) in [6.45, 7) is 1.88. The predicted octanol–water partition coefficient (Wildman–Crippen LogP) is 2.70. The molecule has 2 heterocycles. The van der Waals surface area contributed by atoms with E-state index in [9.17, 15) is 0 Å². The Bertz CT molecular complexity index is 538. The summed E-state index contributed by atoms with van der Waals surface area (Å²) in [5.41, 5.74) is 7.09. The number of thiophene rings is 1. The highest BCUT2D eigenvalue weighted by molar-refractivity contribution is 8.01. The van der Waals surface area contributed by atoms with Crippen molar-refractivity contribution < 1.29 is 5.21 Å². The minimum absolute atomic E-state index is 0.100. The van der Waals surface area contributed by atoms with E-state index in [0.29, 0.717) is 5.56 Å². The third-order valence-electron chi connectivity index (χ3n) is 2.03. The Morgan fingerprint density at radius 1 is 1.53 bits per heavy atom. The summed E-state index contributed by atoms with van der Waals surface area (Å²) in [5, 5.41) is 14.5. The molecule has 2 aromatic heterocycles. The third-order valence-corrected chi connectivity index (χ3v) is 3.99. The van der Waals surface area contributed by atoms with E-state index in [1.807, 2.05) is 30.5 Å². The molecule has 0 aromatic carbocycles. The van der Waals surface area contributed by atoms with Crippen LogP contribution in [0.15, 0.2) is 44.0 Å². The summed E-state index contributed by atoms with van der Waals surface area (Å²) >= 11 is 3.22. The first kappa shape index (κ1) is 11.9.